The van der Waals surface area contributed by atoms with Gasteiger partial charge in [-0.2, -0.15) is 5.10 Å². The number of aromatic nitrogens is 3. The van der Waals surface area contributed by atoms with Gasteiger partial charge in [-0.15, -0.1) is 0 Å². The van der Waals surface area contributed by atoms with Crippen LogP contribution in [0.5, 0.6) is 0 Å². The van der Waals surface area contributed by atoms with Crippen LogP contribution in [0.4, 0.5) is 0 Å². The number of rotatable bonds is 5. The van der Waals surface area contributed by atoms with Crippen molar-refractivity contribution in [3.8, 4) is 0 Å². The number of hydrogen-bond acceptors (Lipinski definition) is 6. The molecule has 7 nitrogen and oxygen atoms in total. The summed E-state index contributed by atoms with van der Waals surface area (Å²) in [5.74, 6) is 0. The van der Waals surface area contributed by atoms with Crippen LogP contribution >= 0.6 is 0 Å². The molecule has 0 saturated carbocycles. The average Bonchev–Trinajstić information content (AvgIpc) is 2.68. The van der Waals surface area contributed by atoms with Crippen molar-refractivity contribution in [3.05, 3.63) is 70.9 Å². The number of pyridine rings is 1. The van der Waals surface area contributed by atoms with Crippen LogP contribution in [-0.4, -0.2) is 32.2 Å². The normalized spacial score (nSPS) is 13.3. The minimum atomic E-state index is -1.37. The van der Waals surface area contributed by atoms with Crippen LogP contribution in [0.2, 0.25) is 0 Å². The number of allylic oxidation sites excluding steroid dienone is 2. The Morgan fingerprint density at radius 2 is 2.04 bits per heavy atom. The Hall–Kier alpha value is -3.13. The highest BCUT2D eigenvalue weighted by atomic mass is 32.2. The fourth-order valence-corrected chi connectivity index (χ4v) is 3.39. The molecule has 8 heteroatoms. The van der Waals surface area contributed by atoms with Gasteiger partial charge >= 0.3 is 0 Å². The molecule has 2 aromatic heterocycles. The molecule has 0 amide bonds. The lowest BCUT2D eigenvalue weighted by molar-refractivity contribution is 0.634. The molecule has 0 aliphatic carbocycles. The fraction of sp³-hybridized carbons (Fsp3) is 0.111. The number of hydrogen-bond donors (Lipinski definition) is 1. The summed E-state index contributed by atoms with van der Waals surface area (Å²) in [5, 5.41) is 4.66. The van der Waals surface area contributed by atoms with Crippen molar-refractivity contribution in [3.63, 3.8) is 0 Å². The first-order valence-corrected chi connectivity index (χ1v) is 8.94. The first kappa shape index (κ1) is 17.7. The standard InChI is InChI=1S/C18H17N5O2S/c1-20-8-7-14(19)12-23-18(24)17-13(10-22-23)9-16(11-21-17)26(25)15-5-3-2-4-6-15/h2-11H,12,19H2,1H3. The van der Waals surface area contributed by atoms with Crippen LogP contribution in [0.3, 0.4) is 0 Å². The van der Waals surface area contributed by atoms with Gasteiger partial charge in [0, 0.05) is 35.4 Å². The highest BCUT2D eigenvalue weighted by Gasteiger charge is 2.11. The van der Waals surface area contributed by atoms with Crippen LogP contribution in [0, 0.1) is 0 Å². The van der Waals surface area contributed by atoms with E-state index in [1.165, 1.54) is 17.1 Å². The molecule has 0 radical (unpaired) electrons. The SMILES string of the molecule is CN=CC=C(N)Cn1ncc2cc(S(=O)c3ccccc3)cnc2c1=O. The van der Waals surface area contributed by atoms with Crippen LogP contribution in [-0.2, 0) is 17.3 Å². The Balaban J connectivity index is 1.96. The van der Waals surface area contributed by atoms with E-state index in [0.717, 1.165) is 0 Å². The molecule has 0 aliphatic heterocycles. The molecular weight excluding hydrogens is 350 g/mol. The molecule has 26 heavy (non-hydrogen) atoms. The number of aliphatic imine (C=N–C) groups is 1. The topological polar surface area (TPSA) is 103 Å². The Kier molecular flexibility index (Phi) is 5.33. The van der Waals surface area contributed by atoms with E-state index in [4.69, 9.17) is 5.73 Å². The molecule has 2 heterocycles. The van der Waals surface area contributed by atoms with Crippen LogP contribution < -0.4 is 11.3 Å². The summed E-state index contributed by atoms with van der Waals surface area (Å²) in [7, 11) is 0.260. The van der Waals surface area contributed by atoms with Crippen molar-refractivity contribution >= 4 is 27.9 Å². The molecule has 2 N–H and O–H groups in total. The van der Waals surface area contributed by atoms with Crippen LogP contribution in [0.25, 0.3) is 10.9 Å². The van der Waals surface area contributed by atoms with Crippen molar-refractivity contribution in [2.24, 2.45) is 10.7 Å². The molecule has 132 valence electrons. The highest BCUT2D eigenvalue weighted by Crippen LogP contribution is 2.18. The van der Waals surface area contributed by atoms with Gasteiger partial charge in [-0.3, -0.25) is 9.79 Å². The minimum absolute atomic E-state index is 0.139. The van der Waals surface area contributed by atoms with Gasteiger partial charge in [-0.05, 0) is 24.3 Å². The molecular formula is C18H17N5O2S. The molecule has 0 fully saturated rings. The van der Waals surface area contributed by atoms with Crippen molar-refractivity contribution in [2.75, 3.05) is 7.05 Å². The molecule has 1 atom stereocenters. The largest absolute Gasteiger partial charge is 0.400 e. The average molecular weight is 367 g/mol. The fourth-order valence-electron chi connectivity index (χ4n) is 2.34. The lowest BCUT2D eigenvalue weighted by Gasteiger charge is -2.07. The summed E-state index contributed by atoms with van der Waals surface area (Å²) in [6.45, 7) is 0.139. The molecule has 1 aromatic carbocycles. The van der Waals surface area contributed by atoms with Crippen molar-refractivity contribution < 1.29 is 4.21 Å². The second kappa shape index (κ2) is 7.83. The van der Waals surface area contributed by atoms with Gasteiger partial charge in [0.2, 0.25) is 0 Å². The molecule has 0 aliphatic rings. The summed E-state index contributed by atoms with van der Waals surface area (Å²) < 4.78 is 13.9. The number of nitrogens with zero attached hydrogens (tertiary/aromatic N) is 4. The maximum absolute atomic E-state index is 12.6. The Morgan fingerprint density at radius 3 is 2.77 bits per heavy atom. The molecule has 1 unspecified atom stereocenters. The molecule has 3 rings (SSSR count). The summed E-state index contributed by atoms with van der Waals surface area (Å²) in [6, 6.07) is 10.7. The predicted octanol–water partition coefficient (Wildman–Crippen LogP) is 1.50. The third-order valence-electron chi connectivity index (χ3n) is 3.61. The minimum Gasteiger partial charge on any atom is -0.400 e. The van der Waals surface area contributed by atoms with E-state index in [1.807, 2.05) is 18.2 Å². The van der Waals surface area contributed by atoms with Crippen molar-refractivity contribution in [2.45, 2.75) is 16.3 Å². The first-order valence-electron chi connectivity index (χ1n) is 7.79. The van der Waals surface area contributed by atoms with Gasteiger partial charge in [0.25, 0.3) is 5.56 Å². The predicted molar refractivity (Wildman–Crippen MR) is 102 cm³/mol. The van der Waals surface area contributed by atoms with E-state index in [-0.39, 0.29) is 17.6 Å². The van der Waals surface area contributed by atoms with Gasteiger partial charge in [0.1, 0.15) is 5.52 Å². The lowest BCUT2D eigenvalue weighted by atomic mass is 10.3. The van der Waals surface area contributed by atoms with Crippen LogP contribution in [0.1, 0.15) is 0 Å². The van der Waals surface area contributed by atoms with Crippen LogP contribution in [0.15, 0.2) is 80.1 Å². The van der Waals surface area contributed by atoms with E-state index < -0.39 is 10.8 Å². The maximum Gasteiger partial charge on any atom is 0.293 e. The molecule has 3 aromatic rings. The summed E-state index contributed by atoms with van der Waals surface area (Å²) in [5.41, 5.74) is 6.19. The summed E-state index contributed by atoms with van der Waals surface area (Å²) in [4.78, 5) is 21.7. The van der Waals surface area contributed by atoms with Crippen molar-refractivity contribution in [1.82, 2.24) is 14.8 Å². The van der Waals surface area contributed by atoms with Crippen molar-refractivity contribution in [1.29, 1.82) is 0 Å². The highest BCUT2D eigenvalue weighted by molar-refractivity contribution is 7.85. The van der Waals surface area contributed by atoms with Gasteiger partial charge in [-0.25, -0.2) is 13.9 Å². The Bertz CT molecular complexity index is 1070. The second-order valence-corrected chi connectivity index (χ2v) is 6.93. The van der Waals surface area contributed by atoms with E-state index in [0.29, 0.717) is 20.9 Å². The molecule has 0 saturated heterocycles. The number of nitrogens with two attached hydrogens (primary N) is 1. The first-order chi connectivity index (χ1) is 12.6. The number of benzene rings is 1. The zero-order chi connectivity index (χ0) is 18.5. The lowest BCUT2D eigenvalue weighted by Crippen LogP contribution is -2.26. The van der Waals surface area contributed by atoms with Gasteiger partial charge in [-0.1, -0.05) is 18.2 Å². The Labute approximate surface area is 152 Å². The summed E-state index contributed by atoms with van der Waals surface area (Å²) in [6.07, 6.45) is 6.14. The number of fused-ring (bicyclic) bond motifs is 1. The van der Waals surface area contributed by atoms with E-state index in [1.54, 1.807) is 37.5 Å². The Morgan fingerprint density at radius 1 is 1.27 bits per heavy atom. The zero-order valence-corrected chi connectivity index (χ0v) is 14.9. The zero-order valence-electron chi connectivity index (χ0n) is 14.1. The summed E-state index contributed by atoms with van der Waals surface area (Å²) >= 11 is 0. The smallest absolute Gasteiger partial charge is 0.293 e. The van der Waals surface area contributed by atoms with Gasteiger partial charge in [0.05, 0.1) is 28.4 Å². The monoisotopic (exact) mass is 367 g/mol. The molecule has 0 spiro atoms. The van der Waals surface area contributed by atoms with E-state index in [2.05, 4.69) is 15.1 Å². The van der Waals surface area contributed by atoms with Gasteiger partial charge in [0.15, 0.2) is 0 Å². The maximum atomic E-state index is 12.6. The quantitative estimate of drug-likeness (QED) is 0.688. The van der Waals surface area contributed by atoms with E-state index >= 15 is 0 Å². The third kappa shape index (κ3) is 3.75. The third-order valence-corrected chi connectivity index (χ3v) is 4.96. The van der Waals surface area contributed by atoms with E-state index in [9.17, 15) is 9.00 Å². The molecule has 0 bridgehead atoms. The van der Waals surface area contributed by atoms with Gasteiger partial charge < -0.3 is 5.73 Å². The second-order valence-electron chi connectivity index (χ2n) is 5.45.